The molecule has 2 aromatic rings. The number of carbonyl (C=O) groups is 2. The first kappa shape index (κ1) is 22.8. The molecule has 0 amide bonds. The summed E-state index contributed by atoms with van der Waals surface area (Å²) in [4.78, 5) is 33.9. The zero-order chi connectivity index (χ0) is 23.5. The van der Waals surface area contributed by atoms with Crippen LogP contribution in [0, 0.1) is 16.7 Å². The Balaban J connectivity index is 2.00. The van der Waals surface area contributed by atoms with Crippen molar-refractivity contribution in [3.63, 3.8) is 0 Å². The lowest BCUT2D eigenvalue weighted by Gasteiger charge is -2.45. The normalized spacial score (nSPS) is 26.2. The van der Waals surface area contributed by atoms with Crippen LogP contribution in [0.4, 0.5) is 5.69 Å². The molecule has 1 aliphatic carbocycles. The number of nitrogens with zero attached hydrogens (tertiary/aromatic N) is 1. The van der Waals surface area contributed by atoms with Crippen LogP contribution < -0.4 is 5.06 Å². The Labute approximate surface area is 195 Å². The van der Waals surface area contributed by atoms with E-state index in [1.165, 1.54) is 0 Å². The Hall–Kier alpha value is -2.43. The molecule has 1 fully saturated rings. The van der Waals surface area contributed by atoms with Crippen LogP contribution >= 0.6 is 11.6 Å². The van der Waals surface area contributed by atoms with E-state index in [2.05, 4.69) is 20.8 Å². The molecule has 2 aromatic carbocycles. The van der Waals surface area contributed by atoms with E-state index in [-0.39, 0.29) is 0 Å². The van der Waals surface area contributed by atoms with Gasteiger partial charge in [-0.15, -0.1) is 0 Å². The third-order valence-corrected chi connectivity index (χ3v) is 6.84. The molecule has 168 valence electrons. The summed E-state index contributed by atoms with van der Waals surface area (Å²) in [6.45, 7) is 12.1. The second kappa shape index (κ2) is 7.57. The zero-order valence-corrected chi connectivity index (χ0v) is 20.2. The summed E-state index contributed by atoms with van der Waals surface area (Å²) in [5.74, 6) is -1.48. The summed E-state index contributed by atoms with van der Waals surface area (Å²) < 4.78 is 0. The average molecular weight is 452 g/mol. The zero-order valence-electron chi connectivity index (χ0n) is 19.5. The summed E-state index contributed by atoms with van der Waals surface area (Å²) in [5, 5.41) is 2.42. The van der Waals surface area contributed by atoms with Gasteiger partial charge in [-0.2, -0.15) is 0 Å². The van der Waals surface area contributed by atoms with Gasteiger partial charge in [0.2, 0.25) is 11.6 Å². The van der Waals surface area contributed by atoms with Crippen LogP contribution in [0.3, 0.4) is 0 Å². The molecule has 5 heteroatoms. The van der Waals surface area contributed by atoms with E-state index in [1.807, 2.05) is 69.3 Å². The van der Waals surface area contributed by atoms with Crippen molar-refractivity contribution in [1.82, 2.24) is 0 Å². The highest BCUT2D eigenvalue weighted by Gasteiger charge is 2.66. The Bertz CT molecular complexity index is 1080. The van der Waals surface area contributed by atoms with Crippen molar-refractivity contribution >= 4 is 28.9 Å². The predicted octanol–water partition coefficient (Wildman–Crippen LogP) is 6.36. The number of Topliss-reactive ketones (excluding diaryl/α,β-unsaturated/α-hetero) is 2. The molecule has 0 spiro atoms. The van der Waals surface area contributed by atoms with Crippen molar-refractivity contribution in [2.45, 2.75) is 53.2 Å². The number of allylic oxidation sites excluding steroid dienone is 1. The molecule has 1 heterocycles. The summed E-state index contributed by atoms with van der Waals surface area (Å²) in [6, 6.07) is 16.7. The minimum absolute atomic E-state index is 0.391. The van der Waals surface area contributed by atoms with E-state index in [0.717, 1.165) is 11.3 Å². The first-order valence-corrected chi connectivity index (χ1v) is 11.4. The average Bonchev–Trinajstić information content (AvgIpc) is 3.08. The van der Waals surface area contributed by atoms with Crippen molar-refractivity contribution in [2.24, 2.45) is 16.7 Å². The molecule has 4 rings (SSSR count). The maximum absolute atomic E-state index is 13.8. The Kier molecular flexibility index (Phi) is 5.38. The Morgan fingerprint density at radius 1 is 0.906 bits per heavy atom. The molecule has 3 unspecified atom stereocenters. The van der Waals surface area contributed by atoms with E-state index in [9.17, 15) is 9.59 Å². The maximum atomic E-state index is 13.8. The molecule has 1 aliphatic heterocycles. The quantitative estimate of drug-likeness (QED) is 0.498. The molecule has 1 saturated heterocycles. The van der Waals surface area contributed by atoms with E-state index in [4.69, 9.17) is 16.4 Å². The fourth-order valence-electron chi connectivity index (χ4n) is 4.81. The fraction of sp³-hybridized carbons (Fsp3) is 0.407. The first-order valence-electron chi connectivity index (χ1n) is 11.0. The molecular weight excluding hydrogens is 422 g/mol. The van der Waals surface area contributed by atoms with Crippen LogP contribution in [-0.2, 0) is 14.4 Å². The van der Waals surface area contributed by atoms with Crippen LogP contribution in [0.5, 0.6) is 0 Å². The van der Waals surface area contributed by atoms with Crippen LogP contribution in [0.25, 0.3) is 0 Å². The van der Waals surface area contributed by atoms with Gasteiger partial charge in [-0.05, 0) is 46.7 Å². The molecule has 0 aromatic heterocycles. The maximum Gasteiger partial charge on any atom is 0.225 e. The molecule has 2 aliphatic rings. The molecule has 0 N–H and O–H groups in total. The highest BCUT2D eigenvalue weighted by atomic mass is 35.5. The highest BCUT2D eigenvalue weighted by molar-refractivity contribution is 6.46. The number of hydrogen-bond acceptors (Lipinski definition) is 4. The lowest BCUT2D eigenvalue weighted by Crippen LogP contribution is -2.55. The predicted molar refractivity (Wildman–Crippen MR) is 127 cm³/mol. The number of rotatable bonds is 2. The molecule has 0 radical (unpaired) electrons. The van der Waals surface area contributed by atoms with Crippen molar-refractivity contribution in [3.8, 4) is 0 Å². The lowest BCUT2D eigenvalue weighted by atomic mass is 9.59. The molecule has 32 heavy (non-hydrogen) atoms. The minimum Gasteiger partial charge on any atom is -0.290 e. The second-order valence-corrected chi connectivity index (χ2v) is 11.2. The number of halogens is 1. The molecule has 4 nitrogen and oxygen atoms in total. The van der Waals surface area contributed by atoms with E-state index in [1.54, 1.807) is 17.2 Å². The number of benzene rings is 2. The number of hydrogen-bond donors (Lipinski definition) is 0. The number of ketones is 2. The number of carbonyl (C=O) groups excluding carboxylic acids is 2. The summed E-state index contributed by atoms with van der Waals surface area (Å²) in [6.07, 6.45) is 1.94. The number of anilines is 1. The van der Waals surface area contributed by atoms with Crippen molar-refractivity contribution < 1.29 is 14.4 Å². The number of fused-ring (bicyclic) bond motifs is 1. The highest BCUT2D eigenvalue weighted by Crippen LogP contribution is 2.58. The standard InChI is InChI=1S/C27H30ClNO3/c1-25(2,3)20-16-27(26(4,5)6)21(24(31)23(20)30)22(17-10-8-7-9-11-17)29(32-27)19-14-12-18(28)13-15-19/h7-16,21-22H,1-6H3. The van der Waals surface area contributed by atoms with Crippen molar-refractivity contribution in [2.75, 3.05) is 5.06 Å². The van der Waals surface area contributed by atoms with Gasteiger partial charge in [-0.1, -0.05) is 83.5 Å². The van der Waals surface area contributed by atoms with Crippen molar-refractivity contribution in [3.05, 3.63) is 76.8 Å². The van der Waals surface area contributed by atoms with Gasteiger partial charge in [-0.25, -0.2) is 5.06 Å². The smallest absolute Gasteiger partial charge is 0.225 e. The van der Waals surface area contributed by atoms with E-state index in [0.29, 0.717) is 10.6 Å². The third-order valence-electron chi connectivity index (χ3n) is 6.59. The molecule has 3 atom stereocenters. The van der Waals surface area contributed by atoms with Gasteiger partial charge in [0.15, 0.2) is 0 Å². The first-order chi connectivity index (χ1) is 14.9. The summed E-state index contributed by atoms with van der Waals surface area (Å²) in [5.41, 5.74) is 0.298. The minimum atomic E-state index is -0.985. The van der Waals surface area contributed by atoms with Crippen molar-refractivity contribution in [1.29, 1.82) is 0 Å². The largest absolute Gasteiger partial charge is 0.290 e. The number of hydroxylamine groups is 1. The summed E-state index contributed by atoms with van der Waals surface area (Å²) in [7, 11) is 0. The fourth-order valence-corrected chi connectivity index (χ4v) is 4.94. The monoisotopic (exact) mass is 451 g/mol. The van der Waals surface area contributed by atoms with Gasteiger partial charge in [0.05, 0.1) is 17.6 Å². The van der Waals surface area contributed by atoms with Gasteiger partial charge >= 0.3 is 0 Å². The SMILES string of the molecule is CC(C)(C)C1=CC2(C(C)(C)C)ON(c3ccc(Cl)cc3)C(c3ccccc3)C2C(=O)C1=O. The van der Waals surface area contributed by atoms with Crippen LogP contribution in [-0.4, -0.2) is 17.2 Å². The van der Waals surface area contributed by atoms with Gasteiger partial charge < -0.3 is 0 Å². The third kappa shape index (κ3) is 3.50. The van der Waals surface area contributed by atoms with Crippen LogP contribution in [0.15, 0.2) is 66.2 Å². The van der Waals surface area contributed by atoms with Gasteiger partial charge in [0, 0.05) is 10.6 Å². The van der Waals surface area contributed by atoms with E-state index < -0.39 is 40.0 Å². The van der Waals surface area contributed by atoms with E-state index >= 15 is 0 Å². The lowest BCUT2D eigenvalue weighted by molar-refractivity contribution is -0.147. The molecular formula is C27H30ClNO3. The van der Waals surface area contributed by atoms with Gasteiger partial charge in [0.25, 0.3) is 0 Å². The van der Waals surface area contributed by atoms with Gasteiger partial charge in [-0.3, -0.25) is 14.4 Å². The topological polar surface area (TPSA) is 46.6 Å². The van der Waals surface area contributed by atoms with Crippen LogP contribution in [0.2, 0.25) is 5.02 Å². The van der Waals surface area contributed by atoms with Gasteiger partial charge in [0.1, 0.15) is 5.60 Å². The summed E-state index contributed by atoms with van der Waals surface area (Å²) >= 11 is 6.14. The second-order valence-electron chi connectivity index (χ2n) is 10.8. The van der Waals surface area contributed by atoms with Crippen LogP contribution in [0.1, 0.15) is 53.1 Å². The molecule has 0 saturated carbocycles. The molecule has 0 bridgehead atoms. The Morgan fingerprint density at radius 3 is 2.03 bits per heavy atom. The Morgan fingerprint density at radius 2 is 1.50 bits per heavy atom.